The van der Waals surface area contributed by atoms with Gasteiger partial charge in [0.05, 0.1) is 5.02 Å². The van der Waals surface area contributed by atoms with E-state index in [0.717, 1.165) is 10.0 Å². The number of hydrogen-bond donors (Lipinski definition) is 2. The van der Waals surface area contributed by atoms with E-state index >= 15 is 0 Å². The maximum Gasteiger partial charge on any atom is 0.245 e. The number of rotatable bonds is 2. The molecule has 4 nitrogen and oxygen atoms in total. The van der Waals surface area contributed by atoms with Crippen molar-refractivity contribution >= 4 is 39.1 Å². The molecule has 3 N–H and O–H groups in total. The zero-order chi connectivity index (χ0) is 15.1. The lowest BCUT2D eigenvalue weighted by atomic mass is 10.1. The zero-order valence-corrected chi connectivity index (χ0v) is 13.5. The fraction of sp³-hybridized carbons (Fsp3) is 0.133. The van der Waals surface area contributed by atoms with Crippen LogP contribution in [0, 0.1) is 6.92 Å². The molecule has 1 heterocycles. The third-order valence-corrected chi connectivity index (χ3v) is 4.14. The predicted molar refractivity (Wildman–Crippen MR) is 86.0 cm³/mol. The number of nitrogens with two attached hydrogens (primary N) is 1. The van der Waals surface area contributed by atoms with E-state index in [0.29, 0.717) is 27.8 Å². The number of carbonyl (C=O) groups is 1. The minimum absolute atomic E-state index is 0.239. The number of halogens is 2. The van der Waals surface area contributed by atoms with Gasteiger partial charge in [-0.1, -0.05) is 33.6 Å². The number of anilines is 1. The van der Waals surface area contributed by atoms with E-state index in [1.807, 2.05) is 25.1 Å². The third-order valence-electron chi connectivity index (χ3n) is 3.35. The van der Waals surface area contributed by atoms with Crippen LogP contribution >= 0.6 is 27.5 Å². The molecule has 21 heavy (non-hydrogen) atoms. The van der Waals surface area contributed by atoms with Crippen LogP contribution in [0.2, 0.25) is 5.02 Å². The molecule has 1 amide bonds. The highest BCUT2D eigenvalue weighted by atomic mass is 79.9. The van der Waals surface area contributed by atoms with Crippen LogP contribution in [0.25, 0.3) is 0 Å². The molecule has 2 aromatic rings. The van der Waals surface area contributed by atoms with Gasteiger partial charge in [-0.25, -0.2) is 0 Å². The number of aryl methyl sites for hydroxylation is 1. The molecule has 1 unspecified atom stereocenters. The predicted octanol–water partition coefficient (Wildman–Crippen LogP) is 4.16. The van der Waals surface area contributed by atoms with Gasteiger partial charge in [-0.2, -0.15) is 0 Å². The summed E-state index contributed by atoms with van der Waals surface area (Å²) in [5.41, 5.74) is 8.09. The summed E-state index contributed by atoms with van der Waals surface area (Å²) < 4.78 is 6.78. The van der Waals surface area contributed by atoms with Crippen molar-refractivity contribution in [3.63, 3.8) is 0 Å². The van der Waals surface area contributed by atoms with Crippen molar-refractivity contribution in [2.75, 3.05) is 5.32 Å². The van der Waals surface area contributed by atoms with Crippen LogP contribution in [0.1, 0.15) is 17.2 Å². The van der Waals surface area contributed by atoms with E-state index in [1.165, 1.54) is 0 Å². The second kappa shape index (κ2) is 5.33. The van der Waals surface area contributed by atoms with Gasteiger partial charge in [0, 0.05) is 21.8 Å². The minimum Gasteiger partial charge on any atom is -0.455 e. The van der Waals surface area contributed by atoms with Crippen molar-refractivity contribution < 1.29 is 9.53 Å². The summed E-state index contributed by atoms with van der Waals surface area (Å²) in [5.74, 6) is 0.933. The van der Waals surface area contributed by atoms with Crippen molar-refractivity contribution in [2.45, 2.75) is 13.0 Å². The zero-order valence-electron chi connectivity index (χ0n) is 11.1. The monoisotopic (exact) mass is 366 g/mol. The summed E-state index contributed by atoms with van der Waals surface area (Å²) in [4.78, 5) is 11.6. The average Bonchev–Trinajstić information content (AvgIpc) is 2.70. The second-order valence-corrected chi connectivity index (χ2v) is 6.17. The van der Waals surface area contributed by atoms with E-state index in [-0.39, 0.29) is 5.91 Å². The first-order valence-corrected chi connectivity index (χ1v) is 7.46. The quantitative estimate of drug-likeness (QED) is 0.838. The first kappa shape index (κ1) is 14.4. The summed E-state index contributed by atoms with van der Waals surface area (Å²) in [6, 6.07) is 8.43. The molecule has 0 saturated heterocycles. The van der Waals surface area contributed by atoms with E-state index < -0.39 is 6.04 Å². The fourth-order valence-electron chi connectivity index (χ4n) is 2.17. The Kier molecular flexibility index (Phi) is 3.65. The molecule has 6 heteroatoms. The average molecular weight is 368 g/mol. The van der Waals surface area contributed by atoms with Crippen molar-refractivity contribution in [1.29, 1.82) is 0 Å². The van der Waals surface area contributed by atoms with Gasteiger partial charge < -0.3 is 15.8 Å². The highest BCUT2D eigenvalue weighted by Crippen LogP contribution is 2.40. The van der Waals surface area contributed by atoms with E-state index in [2.05, 4.69) is 21.2 Å². The Balaban J connectivity index is 1.99. The minimum atomic E-state index is -0.681. The molecule has 0 aromatic heterocycles. The fourth-order valence-corrected chi connectivity index (χ4v) is 2.72. The molecule has 0 radical (unpaired) electrons. The Labute approximate surface area is 135 Å². The highest BCUT2D eigenvalue weighted by molar-refractivity contribution is 9.10. The number of ether oxygens (including phenoxy) is 1. The Morgan fingerprint density at radius 1 is 1.29 bits per heavy atom. The first-order chi connectivity index (χ1) is 9.95. The normalized spacial score (nSPS) is 16.6. The van der Waals surface area contributed by atoms with Crippen LogP contribution in [0.5, 0.6) is 11.5 Å². The van der Waals surface area contributed by atoms with Gasteiger partial charge in [0.1, 0.15) is 17.5 Å². The van der Waals surface area contributed by atoms with E-state index in [1.54, 1.807) is 12.1 Å². The molecule has 108 valence electrons. The standard InChI is InChI=1S/C15H12BrClN2O2/c1-7-2-3-8(16)4-12(7)21-13-6-11-9(5-10(13)17)14(18)15(20)19-11/h2-6,14H,18H2,1H3,(H,19,20). The SMILES string of the molecule is Cc1ccc(Br)cc1Oc1cc2c(cc1Cl)C(N)C(=O)N2. The van der Waals surface area contributed by atoms with Crippen LogP contribution in [0.4, 0.5) is 5.69 Å². The smallest absolute Gasteiger partial charge is 0.245 e. The largest absolute Gasteiger partial charge is 0.455 e. The summed E-state index contributed by atoms with van der Waals surface area (Å²) >= 11 is 9.64. The number of benzene rings is 2. The Hall–Kier alpha value is -1.56. The molecule has 0 saturated carbocycles. The number of nitrogens with one attached hydrogen (secondary N) is 1. The molecule has 0 spiro atoms. The molecule has 1 aliphatic rings. The molecular weight excluding hydrogens is 356 g/mol. The maximum absolute atomic E-state index is 11.6. The van der Waals surface area contributed by atoms with Crippen molar-refractivity contribution in [2.24, 2.45) is 5.73 Å². The lowest BCUT2D eigenvalue weighted by Gasteiger charge is -2.12. The Bertz CT molecular complexity index is 749. The summed E-state index contributed by atoms with van der Waals surface area (Å²) in [6.45, 7) is 1.95. The maximum atomic E-state index is 11.6. The Morgan fingerprint density at radius 2 is 2.05 bits per heavy atom. The molecule has 0 aliphatic carbocycles. The number of fused-ring (bicyclic) bond motifs is 1. The molecule has 1 atom stereocenters. The van der Waals surface area contributed by atoms with Gasteiger partial charge in [0.2, 0.25) is 5.91 Å². The number of carbonyl (C=O) groups excluding carboxylic acids is 1. The van der Waals surface area contributed by atoms with Gasteiger partial charge >= 0.3 is 0 Å². The molecule has 1 aliphatic heterocycles. The van der Waals surface area contributed by atoms with Gasteiger partial charge in [-0.05, 0) is 30.7 Å². The van der Waals surface area contributed by atoms with Gasteiger partial charge in [-0.3, -0.25) is 4.79 Å². The summed E-state index contributed by atoms with van der Waals surface area (Å²) in [6.07, 6.45) is 0. The molecular formula is C15H12BrClN2O2. The van der Waals surface area contributed by atoms with Crippen molar-refractivity contribution in [1.82, 2.24) is 0 Å². The number of hydrogen-bond acceptors (Lipinski definition) is 3. The van der Waals surface area contributed by atoms with Crippen LogP contribution < -0.4 is 15.8 Å². The summed E-state index contributed by atoms with van der Waals surface area (Å²) in [7, 11) is 0. The van der Waals surface area contributed by atoms with Crippen LogP contribution in [0.3, 0.4) is 0 Å². The van der Waals surface area contributed by atoms with Crippen molar-refractivity contribution in [3.05, 3.63) is 51.0 Å². The van der Waals surface area contributed by atoms with Crippen molar-refractivity contribution in [3.8, 4) is 11.5 Å². The lowest BCUT2D eigenvalue weighted by Crippen LogP contribution is -2.19. The van der Waals surface area contributed by atoms with Crippen LogP contribution in [0.15, 0.2) is 34.8 Å². The number of amides is 1. The molecule has 0 fully saturated rings. The molecule has 3 rings (SSSR count). The topological polar surface area (TPSA) is 64.3 Å². The van der Waals surface area contributed by atoms with E-state index in [9.17, 15) is 4.79 Å². The third kappa shape index (κ3) is 2.64. The van der Waals surface area contributed by atoms with Gasteiger partial charge in [0.25, 0.3) is 0 Å². The summed E-state index contributed by atoms with van der Waals surface area (Å²) in [5, 5.41) is 3.13. The Morgan fingerprint density at radius 3 is 2.81 bits per heavy atom. The van der Waals surface area contributed by atoms with Gasteiger partial charge in [-0.15, -0.1) is 0 Å². The lowest BCUT2D eigenvalue weighted by molar-refractivity contribution is -0.116. The van der Waals surface area contributed by atoms with Gasteiger partial charge in [0.15, 0.2) is 0 Å². The second-order valence-electron chi connectivity index (χ2n) is 4.85. The highest BCUT2D eigenvalue weighted by Gasteiger charge is 2.28. The van der Waals surface area contributed by atoms with Crippen LogP contribution in [-0.2, 0) is 4.79 Å². The molecule has 2 aromatic carbocycles. The van der Waals surface area contributed by atoms with E-state index in [4.69, 9.17) is 22.1 Å². The van der Waals surface area contributed by atoms with Crippen LogP contribution in [-0.4, -0.2) is 5.91 Å². The molecule has 0 bridgehead atoms. The first-order valence-electron chi connectivity index (χ1n) is 6.29.